The first kappa shape index (κ1) is 36.6. The van der Waals surface area contributed by atoms with Gasteiger partial charge in [-0.2, -0.15) is 18.4 Å². The summed E-state index contributed by atoms with van der Waals surface area (Å²) in [6.45, 7) is 8.24. The van der Waals surface area contributed by atoms with Crippen LogP contribution in [0.1, 0.15) is 91.7 Å². The molecule has 1 unspecified atom stereocenters. The fraction of sp³-hybridized carbons (Fsp3) is 0.500. The molecule has 3 saturated carbocycles. The molecule has 6 aliphatic rings. The molecule has 0 saturated heterocycles. The quantitative estimate of drug-likeness (QED) is 0.146. The average Bonchev–Trinajstić information content (AvgIpc) is 3.69. The van der Waals surface area contributed by atoms with Gasteiger partial charge in [0.1, 0.15) is 16.9 Å². The van der Waals surface area contributed by atoms with Gasteiger partial charge in [-0.3, -0.25) is 4.79 Å². The highest BCUT2D eigenvalue weighted by atomic mass is 35.5. The molecule has 0 aliphatic heterocycles. The third-order valence-corrected chi connectivity index (χ3v) is 15.7. The number of alkyl halides is 3. The zero-order valence-electron chi connectivity index (χ0n) is 30.1. The maximum atomic E-state index is 15.0. The fourth-order valence-corrected chi connectivity index (χ4v) is 13.1. The topological polar surface area (TPSA) is 107 Å². The number of nitrogens with zero attached hydrogens (tertiary/aromatic N) is 2. The Morgan fingerprint density at radius 3 is 2.51 bits per heavy atom. The Bertz CT molecular complexity index is 2160. The van der Waals surface area contributed by atoms with Crippen molar-refractivity contribution in [3.63, 3.8) is 0 Å². The van der Waals surface area contributed by atoms with E-state index in [1.54, 1.807) is 0 Å². The highest BCUT2D eigenvalue weighted by molar-refractivity contribution is 7.99. The van der Waals surface area contributed by atoms with Crippen LogP contribution in [0, 0.1) is 58.7 Å². The molecule has 11 heteroatoms. The standard InChI is InChI=1S/C42H42ClF3N2O4S/c1-23-17-24(2)48-36(28(23)21-47)53-22-40(51)14-11-34-38(40,4)13-10-33-37(3)12-9-26(49)19-39(37)15-16-41(33,34)29(20-39)35(50)32-8-7-31(52-32)27-18-25(42(44,45)46)5-6-30(27)43/h5-8,15-18,20,26,33-34,49,51H,9-14,19,22H2,1-4H3/t26?,33-,34-,37-,38+,39+,40-,41-/m1/s1. The number of Topliss-reactive ketones (excluding diaryl/α,β-unsaturated/α-hetero) is 1. The van der Waals surface area contributed by atoms with E-state index in [2.05, 4.69) is 43.1 Å². The molecule has 6 nitrogen and oxygen atoms in total. The smallest absolute Gasteiger partial charge is 0.416 e. The Balaban J connectivity index is 1.20. The zero-order valence-corrected chi connectivity index (χ0v) is 31.7. The van der Waals surface area contributed by atoms with E-state index in [0.29, 0.717) is 47.6 Å². The van der Waals surface area contributed by atoms with Gasteiger partial charge < -0.3 is 14.6 Å². The first-order chi connectivity index (χ1) is 24.9. The van der Waals surface area contributed by atoms with Gasteiger partial charge in [-0.25, -0.2) is 4.98 Å². The maximum absolute atomic E-state index is 15.0. The van der Waals surface area contributed by atoms with E-state index < -0.39 is 39.7 Å². The molecule has 2 bridgehead atoms. The van der Waals surface area contributed by atoms with Crippen LogP contribution in [0.15, 0.2) is 69.6 Å². The summed E-state index contributed by atoms with van der Waals surface area (Å²) in [5.41, 5.74) is -1.39. The molecule has 2 heterocycles. The molecule has 0 radical (unpaired) electrons. The van der Waals surface area contributed by atoms with Crippen molar-refractivity contribution in [2.45, 2.75) is 95.5 Å². The van der Waals surface area contributed by atoms with Crippen LogP contribution < -0.4 is 0 Å². The van der Waals surface area contributed by atoms with Gasteiger partial charge in [0.2, 0.25) is 5.78 Å². The molecule has 3 fully saturated rings. The number of halogens is 4. The number of ketones is 1. The lowest BCUT2D eigenvalue weighted by Gasteiger charge is -2.71. The second-order valence-electron chi connectivity index (χ2n) is 16.7. The Morgan fingerprint density at radius 2 is 1.77 bits per heavy atom. The number of hydrogen-bond donors (Lipinski definition) is 2. The Labute approximate surface area is 316 Å². The number of pyridine rings is 1. The maximum Gasteiger partial charge on any atom is 0.416 e. The molecular weight excluding hydrogens is 721 g/mol. The fourth-order valence-electron chi connectivity index (χ4n) is 11.4. The number of carbonyl (C=O) groups excluding carboxylic acids is 1. The molecule has 2 N–H and O–H groups in total. The van der Waals surface area contributed by atoms with Gasteiger partial charge >= 0.3 is 6.18 Å². The van der Waals surface area contributed by atoms with E-state index in [1.165, 1.54) is 30.0 Å². The number of aromatic nitrogens is 1. The van der Waals surface area contributed by atoms with Crippen molar-refractivity contribution < 1.29 is 32.6 Å². The minimum atomic E-state index is -4.59. The van der Waals surface area contributed by atoms with E-state index in [1.807, 2.05) is 19.9 Å². The number of benzene rings is 1. The number of fused-ring (bicyclic) bond motifs is 1. The van der Waals surface area contributed by atoms with Gasteiger partial charge in [0.15, 0.2) is 5.76 Å². The molecule has 278 valence electrons. The summed E-state index contributed by atoms with van der Waals surface area (Å²) in [5, 5.41) is 34.3. The lowest BCUT2D eigenvalue weighted by molar-refractivity contribution is -0.166. The SMILES string of the molecule is Cc1cc(C)c(C#N)c(SC[C@]2(O)CC[C@H]3[C@]45C=C[C@@]6(C=C4C(=O)c4ccc(-c7cc(C(F)(F)F)ccc7Cl)o4)CC(O)CC[C@]6(C)[C@H]5CC[C@@]32C)n1. The second-order valence-corrected chi connectivity index (χ2v) is 18.0. The molecule has 3 aromatic rings. The van der Waals surface area contributed by atoms with Crippen molar-refractivity contribution in [2.75, 3.05) is 5.75 Å². The van der Waals surface area contributed by atoms with Crippen molar-refractivity contribution in [3.8, 4) is 17.4 Å². The predicted molar refractivity (Wildman–Crippen MR) is 196 cm³/mol. The third-order valence-electron chi connectivity index (χ3n) is 14.2. The van der Waals surface area contributed by atoms with Crippen LogP contribution in [-0.2, 0) is 6.18 Å². The van der Waals surface area contributed by atoms with E-state index in [4.69, 9.17) is 16.0 Å². The number of nitriles is 1. The predicted octanol–water partition coefficient (Wildman–Crippen LogP) is 10.1. The molecule has 2 aromatic heterocycles. The van der Waals surface area contributed by atoms with Crippen LogP contribution in [0.5, 0.6) is 0 Å². The first-order valence-corrected chi connectivity index (χ1v) is 19.6. The molecular formula is C42H42ClF3N2O4S. The molecule has 1 aromatic carbocycles. The van der Waals surface area contributed by atoms with Crippen molar-refractivity contribution in [3.05, 3.63) is 93.4 Å². The van der Waals surface area contributed by atoms with Gasteiger partial charge in [-0.15, -0.1) is 11.8 Å². The summed E-state index contributed by atoms with van der Waals surface area (Å²) in [6, 6.07) is 10.2. The molecule has 9 rings (SSSR count). The van der Waals surface area contributed by atoms with E-state index in [-0.39, 0.29) is 45.1 Å². The van der Waals surface area contributed by atoms with Gasteiger partial charge in [0, 0.05) is 38.8 Å². The van der Waals surface area contributed by atoms with Crippen LogP contribution in [-0.4, -0.2) is 38.4 Å². The summed E-state index contributed by atoms with van der Waals surface area (Å²) in [4.78, 5) is 19.6. The molecule has 2 spiro atoms. The number of allylic oxidation sites excluding steroid dienone is 4. The Hall–Kier alpha value is -3.36. The number of furan rings is 1. The number of hydrogen-bond acceptors (Lipinski definition) is 7. The average molecular weight is 763 g/mol. The molecule has 0 amide bonds. The first-order valence-electron chi connectivity index (χ1n) is 18.3. The largest absolute Gasteiger partial charge is 0.453 e. The summed E-state index contributed by atoms with van der Waals surface area (Å²) >= 11 is 7.78. The number of thioether (sulfide) groups is 1. The molecule has 8 atom stereocenters. The van der Waals surface area contributed by atoms with Crippen molar-refractivity contribution in [1.82, 2.24) is 4.98 Å². The van der Waals surface area contributed by atoms with Crippen molar-refractivity contribution >= 4 is 29.1 Å². The third kappa shape index (κ3) is 5.13. The lowest BCUT2D eigenvalue weighted by atomic mass is 9.32. The van der Waals surface area contributed by atoms with Gasteiger partial charge in [0.05, 0.1) is 27.9 Å². The normalized spacial score (nSPS) is 35.6. The lowest BCUT2D eigenvalue weighted by Crippen LogP contribution is -2.67. The van der Waals surface area contributed by atoms with Gasteiger partial charge in [-0.05, 0) is 118 Å². The highest BCUT2D eigenvalue weighted by Crippen LogP contribution is 2.78. The molecule has 53 heavy (non-hydrogen) atoms. The second kappa shape index (κ2) is 12.1. The van der Waals surface area contributed by atoms with E-state index in [9.17, 15) is 33.4 Å². The Kier molecular flexibility index (Phi) is 8.34. The van der Waals surface area contributed by atoms with Crippen LogP contribution in [0.4, 0.5) is 13.2 Å². The Morgan fingerprint density at radius 1 is 1.06 bits per heavy atom. The van der Waals surface area contributed by atoms with E-state index >= 15 is 0 Å². The molecule has 6 aliphatic carbocycles. The van der Waals surface area contributed by atoms with Crippen molar-refractivity contribution in [1.29, 1.82) is 5.26 Å². The van der Waals surface area contributed by atoms with Crippen molar-refractivity contribution in [2.24, 2.45) is 33.5 Å². The van der Waals surface area contributed by atoms with Crippen LogP contribution in [0.25, 0.3) is 11.3 Å². The number of carbonyl (C=O) groups is 1. The van der Waals surface area contributed by atoms with Crippen LogP contribution in [0.2, 0.25) is 5.02 Å². The monoisotopic (exact) mass is 762 g/mol. The van der Waals surface area contributed by atoms with Gasteiger partial charge in [-0.1, -0.05) is 43.7 Å². The highest BCUT2D eigenvalue weighted by Gasteiger charge is 2.74. The van der Waals surface area contributed by atoms with Crippen LogP contribution in [0.3, 0.4) is 0 Å². The summed E-state index contributed by atoms with van der Waals surface area (Å²) in [7, 11) is 0. The number of aliphatic hydroxyl groups excluding tert-OH is 1. The number of aliphatic hydroxyl groups is 2. The van der Waals surface area contributed by atoms with Crippen LogP contribution >= 0.6 is 23.4 Å². The van der Waals surface area contributed by atoms with E-state index in [0.717, 1.165) is 42.7 Å². The number of aryl methyl sites for hydroxylation is 2. The minimum Gasteiger partial charge on any atom is -0.453 e. The summed E-state index contributed by atoms with van der Waals surface area (Å²) in [6.07, 6.45) is 6.02. The number of rotatable bonds is 6. The summed E-state index contributed by atoms with van der Waals surface area (Å²) in [5.74, 6) is -0.0175. The van der Waals surface area contributed by atoms with Gasteiger partial charge in [0.25, 0.3) is 0 Å². The zero-order chi connectivity index (χ0) is 37.9. The minimum absolute atomic E-state index is 0.00396. The summed E-state index contributed by atoms with van der Waals surface area (Å²) < 4.78 is 47.0.